The van der Waals surface area contributed by atoms with Crippen molar-refractivity contribution in [3.05, 3.63) is 33.8 Å². The third-order valence-electron chi connectivity index (χ3n) is 3.52. The Kier molecular flexibility index (Phi) is 6.16. The Labute approximate surface area is 126 Å². The fraction of sp³-hybridized carbons (Fsp3) is 0.625. The van der Waals surface area contributed by atoms with E-state index in [2.05, 4.69) is 27.7 Å². The molecule has 0 aliphatic rings. The largest absolute Gasteiger partial charge is 0.393 e. The quantitative estimate of drug-likeness (QED) is 0.776. The van der Waals surface area contributed by atoms with Crippen LogP contribution in [0.4, 0.5) is 0 Å². The molecule has 1 N–H and O–H groups in total. The SMILES string of the molecule is CC(CCC(O)C(C)(C)C)Cc1ccc(Cl)cc1Cl. The van der Waals surface area contributed by atoms with Crippen LogP contribution in [0.2, 0.25) is 10.0 Å². The summed E-state index contributed by atoms with van der Waals surface area (Å²) in [5.41, 5.74) is 1.08. The normalized spacial score (nSPS) is 15.3. The van der Waals surface area contributed by atoms with Crippen LogP contribution in [0.1, 0.15) is 46.1 Å². The van der Waals surface area contributed by atoms with Crippen LogP contribution < -0.4 is 0 Å². The van der Waals surface area contributed by atoms with Crippen molar-refractivity contribution in [1.82, 2.24) is 0 Å². The third kappa shape index (κ3) is 5.72. The summed E-state index contributed by atoms with van der Waals surface area (Å²) in [5, 5.41) is 11.5. The Morgan fingerprint density at radius 2 is 1.79 bits per heavy atom. The Bertz CT molecular complexity index is 410. The van der Waals surface area contributed by atoms with Gasteiger partial charge in [-0.1, -0.05) is 57.0 Å². The number of rotatable bonds is 5. The lowest BCUT2D eigenvalue weighted by Crippen LogP contribution is -2.26. The van der Waals surface area contributed by atoms with Gasteiger partial charge in [0.05, 0.1) is 6.10 Å². The minimum absolute atomic E-state index is 0.0440. The van der Waals surface area contributed by atoms with Gasteiger partial charge in [-0.05, 0) is 48.3 Å². The molecular formula is C16H24Cl2O. The summed E-state index contributed by atoms with van der Waals surface area (Å²) in [6.07, 6.45) is 2.50. The molecule has 0 bridgehead atoms. The fourth-order valence-corrected chi connectivity index (χ4v) is 2.53. The monoisotopic (exact) mass is 302 g/mol. The number of hydrogen-bond acceptors (Lipinski definition) is 1. The summed E-state index contributed by atoms with van der Waals surface area (Å²) >= 11 is 12.1. The first-order valence-electron chi connectivity index (χ1n) is 6.82. The summed E-state index contributed by atoms with van der Waals surface area (Å²) in [4.78, 5) is 0. The van der Waals surface area contributed by atoms with Crippen molar-refractivity contribution in [3.8, 4) is 0 Å². The highest BCUT2D eigenvalue weighted by Crippen LogP contribution is 2.27. The van der Waals surface area contributed by atoms with Gasteiger partial charge in [0.1, 0.15) is 0 Å². The first-order chi connectivity index (χ1) is 8.70. The van der Waals surface area contributed by atoms with Crippen LogP contribution in [0, 0.1) is 11.3 Å². The van der Waals surface area contributed by atoms with Crippen molar-refractivity contribution >= 4 is 23.2 Å². The van der Waals surface area contributed by atoms with Crippen molar-refractivity contribution in [2.45, 2.75) is 53.1 Å². The molecule has 0 amide bonds. The van der Waals surface area contributed by atoms with Gasteiger partial charge in [-0.25, -0.2) is 0 Å². The number of halogens is 2. The third-order valence-corrected chi connectivity index (χ3v) is 4.10. The molecule has 0 radical (unpaired) electrons. The number of aliphatic hydroxyl groups is 1. The van der Waals surface area contributed by atoms with Crippen LogP contribution in [0.5, 0.6) is 0 Å². The van der Waals surface area contributed by atoms with Gasteiger partial charge in [0.2, 0.25) is 0 Å². The zero-order valence-corrected chi connectivity index (χ0v) is 13.7. The first-order valence-corrected chi connectivity index (χ1v) is 7.57. The highest BCUT2D eigenvalue weighted by atomic mass is 35.5. The summed E-state index contributed by atoms with van der Waals surface area (Å²) in [5.74, 6) is 0.496. The molecule has 0 saturated heterocycles. The van der Waals surface area contributed by atoms with Gasteiger partial charge < -0.3 is 5.11 Å². The molecule has 0 aliphatic carbocycles. The second kappa shape index (κ2) is 6.97. The Morgan fingerprint density at radius 3 is 2.32 bits per heavy atom. The summed E-state index contributed by atoms with van der Waals surface area (Å²) in [7, 11) is 0. The lowest BCUT2D eigenvalue weighted by atomic mass is 9.84. The van der Waals surface area contributed by atoms with Crippen LogP contribution in [-0.4, -0.2) is 11.2 Å². The van der Waals surface area contributed by atoms with E-state index < -0.39 is 0 Å². The predicted molar refractivity (Wildman–Crippen MR) is 84.0 cm³/mol. The Hall–Kier alpha value is -0.240. The molecule has 108 valence electrons. The summed E-state index contributed by atoms with van der Waals surface area (Å²) < 4.78 is 0. The van der Waals surface area contributed by atoms with E-state index in [4.69, 9.17) is 23.2 Å². The topological polar surface area (TPSA) is 20.2 Å². The summed E-state index contributed by atoms with van der Waals surface area (Å²) in [6.45, 7) is 8.40. The van der Waals surface area contributed by atoms with Crippen LogP contribution in [-0.2, 0) is 6.42 Å². The van der Waals surface area contributed by atoms with Crippen molar-refractivity contribution in [2.75, 3.05) is 0 Å². The average molecular weight is 303 g/mol. The van der Waals surface area contributed by atoms with Crippen LogP contribution in [0.15, 0.2) is 18.2 Å². The molecule has 0 spiro atoms. The second-order valence-corrected chi connectivity index (χ2v) is 7.35. The van der Waals surface area contributed by atoms with Gasteiger partial charge in [-0.15, -0.1) is 0 Å². The molecule has 0 fully saturated rings. The predicted octanol–water partition coefficient (Wildman–Crippen LogP) is 5.36. The maximum absolute atomic E-state index is 10.0. The van der Waals surface area contributed by atoms with Gasteiger partial charge in [-0.2, -0.15) is 0 Å². The van der Waals surface area contributed by atoms with Gasteiger partial charge in [0.15, 0.2) is 0 Å². The second-order valence-electron chi connectivity index (χ2n) is 6.50. The van der Waals surface area contributed by atoms with Gasteiger partial charge in [0, 0.05) is 10.0 Å². The molecule has 1 nitrogen and oxygen atoms in total. The minimum atomic E-state index is -0.254. The van der Waals surface area contributed by atoms with Crippen LogP contribution in [0.3, 0.4) is 0 Å². The van der Waals surface area contributed by atoms with Gasteiger partial charge >= 0.3 is 0 Å². The van der Waals surface area contributed by atoms with Crippen molar-refractivity contribution in [3.63, 3.8) is 0 Å². The standard InChI is InChI=1S/C16H24Cl2O/c1-11(5-8-15(19)16(2,3)4)9-12-6-7-13(17)10-14(12)18/h6-7,10-11,15,19H,5,8-9H2,1-4H3. The molecule has 2 unspecified atom stereocenters. The zero-order chi connectivity index (χ0) is 14.6. The molecule has 19 heavy (non-hydrogen) atoms. The van der Waals surface area contributed by atoms with Gasteiger partial charge in [-0.3, -0.25) is 0 Å². The van der Waals surface area contributed by atoms with Crippen LogP contribution in [0.25, 0.3) is 0 Å². The molecule has 0 aliphatic heterocycles. The highest BCUT2D eigenvalue weighted by Gasteiger charge is 2.22. The molecular weight excluding hydrogens is 279 g/mol. The van der Waals surface area contributed by atoms with E-state index in [9.17, 15) is 5.11 Å². The Morgan fingerprint density at radius 1 is 1.16 bits per heavy atom. The Balaban J connectivity index is 2.49. The molecule has 2 atom stereocenters. The van der Waals surface area contributed by atoms with E-state index in [0.29, 0.717) is 10.9 Å². The maximum Gasteiger partial charge on any atom is 0.0588 e. The fourth-order valence-electron chi connectivity index (χ4n) is 2.04. The lowest BCUT2D eigenvalue weighted by molar-refractivity contribution is 0.0505. The first kappa shape index (κ1) is 16.8. The number of hydrogen-bond donors (Lipinski definition) is 1. The number of aliphatic hydroxyl groups excluding tert-OH is 1. The molecule has 0 saturated carbocycles. The minimum Gasteiger partial charge on any atom is -0.393 e. The van der Waals surface area contributed by atoms with E-state index in [1.54, 1.807) is 6.07 Å². The van der Waals surface area contributed by atoms with Crippen molar-refractivity contribution in [1.29, 1.82) is 0 Å². The van der Waals surface area contributed by atoms with E-state index in [1.807, 2.05) is 12.1 Å². The van der Waals surface area contributed by atoms with E-state index >= 15 is 0 Å². The van der Waals surface area contributed by atoms with E-state index in [-0.39, 0.29) is 11.5 Å². The molecule has 1 rings (SSSR count). The maximum atomic E-state index is 10.0. The summed E-state index contributed by atoms with van der Waals surface area (Å²) in [6, 6.07) is 5.65. The molecule has 3 heteroatoms. The molecule has 0 aromatic heterocycles. The molecule has 1 aromatic carbocycles. The number of benzene rings is 1. The zero-order valence-electron chi connectivity index (χ0n) is 12.2. The average Bonchev–Trinajstić information content (AvgIpc) is 2.28. The van der Waals surface area contributed by atoms with Crippen molar-refractivity contribution in [2.24, 2.45) is 11.3 Å². The smallest absolute Gasteiger partial charge is 0.0588 e. The lowest BCUT2D eigenvalue weighted by Gasteiger charge is -2.26. The van der Waals surface area contributed by atoms with Gasteiger partial charge in [0.25, 0.3) is 0 Å². The highest BCUT2D eigenvalue weighted by molar-refractivity contribution is 6.35. The van der Waals surface area contributed by atoms with E-state index in [0.717, 1.165) is 29.8 Å². The van der Waals surface area contributed by atoms with Crippen molar-refractivity contribution < 1.29 is 5.11 Å². The molecule has 0 heterocycles. The van der Waals surface area contributed by atoms with E-state index in [1.165, 1.54) is 0 Å². The van der Waals surface area contributed by atoms with Crippen LogP contribution >= 0.6 is 23.2 Å². The molecule has 1 aromatic rings.